The average molecular weight is 272 g/mol. The van der Waals surface area contributed by atoms with Gasteiger partial charge in [0.2, 0.25) is 0 Å². The van der Waals surface area contributed by atoms with E-state index in [9.17, 15) is 13.2 Å². The molecule has 18 heavy (non-hydrogen) atoms. The molecule has 2 rings (SSSR count). The summed E-state index contributed by atoms with van der Waals surface area (Å²) in [7, 11) is -3.77. The number of sulfonamides is 1. The summed E-state index contributed by atoms with van der Waals surface area (Å²) in [6.45, 7) is -0.313. The number of carbonyl (C=O) groups excluding carboxylic acids is 1. The first-order valence-electron chi connectivity index (χ1n) is 5.18. The van der Waals surface area contributed by atoms with Crippen LogP contribution in [0.15, 0.2) is 23.1 Å². The molecule has 0 bridgehead atoms. The number of carbonyl (C=O) groups is 1. The maximum atomic E-state index is 11.6. The second-order valence-electron chi connectivity index (χ2n) is 3.86. The van der Waals surface area contributed by atoms with Crippen molar-refractivity contribution in [1.82, 2.24) is 4.72 Å². The first-order valence-corrected chi connectivity index (χ1v) is 6.66. The third-order valence-electron chi connectivity index (χ3n) is 2.50. The Hall–Kier alpha value is -1.64. The molecule has 1 aliphatic rings. The minimum absolute atomic E-state index is 0.0801. The summed E-state index contributed by atoms with van der Waals surface area (Å²) in [4.78, 5) is 11.2. The Balaban J connectivity index is 2.25. The Labute approximate surface area is 103 Å². The van der Waals surface area contributed by atoms with Crippen LogP contribution in [0.2, 0.25) is 0 Å². The highest BCUT2D eigenvalue weighted by Gasteiger charge is 2.32. The summed E-state index contributed by atoms with van der Waals surface area (Å²) in [5, 5.41) is 20.6. The number of nitrogens with one attached hydrogen (secondary N) is 2. The highest BCUT2D eigenvalue weighted by Crippen LogP contribution is 2.25. The van der Waals surface area contributed by atoms with E-state index in [1.54, 1.807) is 0 Å². The quantitative estimate of drug-likeness (QED) is 0.552. The van der Waals surface area contributed by atoms with E-state index in [4.69, 9.17) is 10.2 Å². The van der Waals surface area contributed by atoms with E-state index >= 15 is 0 Å². The van der Waals surface area contributed by atoms with Crippen LogP contribution >= 0.6 is 0 Å². The van der Waals surface area contributed by atoms with E-state index in [0.717, 1.165) is 0 Å². The van der Waals surface area contributed by atoms with E-state index in [1.807, 2.05) is 4.72 Å². The second kappa shape index (κ2) is 4.56. The van der Waals surface area contributed by atoms with Crippen molar-refractivity contribution in [2.45, 2.75) is 11.0 Å². The topological polar surface area (TPSA) is 116 Å². The third-order valence-corrected chi connectivity index (χ3v) is 3.87. The van der Waals surface area contributed by atoms with Gasteiger partial charge < -0.3 is 15.5 Å². The highest BCUT2D eigenvalue weighted by atomic mass is 32.2. The summed E-state index contributed by atoms with van der Waals surface area (Å²) >= 11 is 0. The maximum Gasteiger partial charge on any atom is 0.266 e. The molecular formula is C10H12N2O5S. The third kappa shape index (κ3) is 2.30. The molecule has 1 aromatic rings. The van der Waals surface area contributed by atoms with Crippen LogP contribution in [0.5, 0.6) is 0 Å². The van der Waals surface area contributed by atoms with Crippen LogP contribution in [-0.4, -0.2) is 43.8 Å². The Kier molecular flexibility index (Phi) is 3.24. The van der Waals surface area contributed by atoms with E-state index in [2.05, 4.69) is 5.32 Å². The van der Waals surface area contributed by atoms with Gasteiger partial charge in [-0.3, -0.25) is 4.79 Å². The summed E-state index contributed by atoms with van der Waals surface area (Å²) in [6.07, 6.45) is -0.936. The molecule has 1 unspecified atom stereocenters. The summed E-state index contributed by atoms with van der Waals surface area (Å²) in [6, 6.07) is 4.24. The molecule has 1 amide bonds. The lowest BCUT2D eigenvalue weighted by molar-refractivity contribution is 0.0985. The van der Waals surface area contributed by atoms with Crippen molar-refractivity contribution < 1.29 is 23.4 Å². The molecule has 1 atom stereocenters. The molecule has 0 fully saturated rings. The first kappa shape index (κ1) is 12.8. The lowest BCUT2D eigenvalue weighted by Gasteiger charge is -2.10. The van der Waals surface area contributed by atoms with Gasteiger partial charge in [0.15, 0.2) is 0 Å². The van der Waals surface area contributed by atoms with E-state index in [-0.39, 0.29) is 17.0 Å². The van der Waals surface area contributed by atoms with Gasteiger partial charge in [-0.25, -0.2) is 13.1 Å². The Bertz CT molecular complexity index is 584. The molecule has 1 aromatic carbocycles. The molecule has 1 aliphatic heterocycles. The predicted octanol–water partition coefficient (Wildman–Crippen LogP) is -1.12. The van der Waals surface area contributed by atoms with Gasteiger partial charge in [-0.2, -0.15) is 0 Å². The number of hydrogen-bond acceptors (Lipinski definition) is 6. The first-order chi connectivity index (χ1) is 8.44. The van der Waals surface area contributed by atoms with Gasteiger partial charge in [0, 0.05) is 12.2 Å². The second-order valence-corrected chi connectivity index (χ2v) is 5.51. The van der Waals surface area contributed by atoms with Gasteiger partial charge in [-0.15, -0.1) is 0 Å². The molecule has 0 saturated carbocycles. The zero-order valence-corrected chi connectivity index (χ0v) is 10.1. The van der Waals surface area contributed by atoms with Crippen molar-refractivity contribution in [1.29, 1.82) is 0 Å². The molecule has 1 heterocycles. The zero-order chi connectivity index (χ0) is 13.3. The van der Waals surface area contributed by atoms with Crippen molar-refractivity contribution in [3.05, 3.63) is 23.8 Å². The van der Waals surface area contributed by atoms with Crippen molar-refractivity contribution >= 4 is 21.6 Å². The monoisotopic (exact) mass is 272 g/mol. The van der Waals surface area contributed by atoms with Crippen molar-refractivity contribution in [2.24, 2.45) is 0 Å². The van der Waals surface area contributed by atoms with Crippen molar-refractivity contribution in [3.8, 4) is 0 Å². The van der Waals surface area contributed by atoms with Gasteiger partial charge in [0.25, 0.3) is 15.9 Å². The minimum atomic E-state index is -3.77. The summed E-state index contributed by atoms with van der Waals surface area (Å²) < 4.78 is 25.0. The van der Waals surface area contributed by atoms with Crippen LogP contribution < -0.4 is 10.0 Å². The van der Waals surface area contributed by atoms with Crippen molar-refractivity contribution in [3.63, 3.8) is 0 Å². The molecule has 0 spiro atoms. The van der Waals surface area contributed by atoms with Crippen LogP contribution in [0.25, 0.3) is 0 Å². The Morgan fingerprint density at radius 3 is 2.78 bits per heavy atom. The standard InChI is InChI=1S/C10H12N2O5S/c13-5-7(14)4-11-6-1-2-8-9(3-6)18(16,17)12-10(8)15/h1-3,7,11,13-14H,4-5H2,(H,12,15). The van der Waals surface area contributed by atoms with Gasteiger partial charge in [-0.1, -0.05) is 0 Å². The fourth-order valence-corrected chi connectivity index (χ4v) is 2.77. The minimum Gasteiger partial charge on any atom is -0.394 e. The summed E-state index contributed by atoms with van der Waals surface area (Å²) in [5.74, 6) is -0.646. The largest absolute Gasteiger partial charge is 0.394 e. The number of anilines is 1. The van der Waals surface area contributed by atoms with Gasteiger partial charge in [0.05, 0.1) is 18.3 Å². The lowest BCUT2D eigenvalue weighted by atomic mass is 10.2. The average Bonchev–Trinajstić information content (AvgIpc) is 2.56. The number of amides is 1. The fraction of sp³-hybridized carbons (Fsp3) is 0.300. The van der Waals surface area contributed by atoms with Crippen LogP contribution in [0.1, 0.15) is 10.4 Å². The van der Waals surface area contributed by atoms with Crippen LogP contribution in [-0.2, 0) is 10.0 Å². The SMILES string of the molecule is O=C1NS(=O)(=O)c2cc(NCC(O)CO)ccc21. The van der Waals surface area contributed by atoms with E-state index in [1.165, 1.54) is 18.2 Å². The van der Waals surface area contributed by atoms with Crippen LogP contribution in [0.4, 0.5) is 5.69 Å². The van der Waals surface area contributed by atoms with Crippen LogP contribution in [0, 0.1) is 0 Å². The van der Waals surface area contributed by atoms with E-state index in [0.29, 0.717) is 5.69 Å². The molecule has 4 N–H and O–H groups in total. The van der Waals surface area contributed by atoms with Gasteiger partial charge >= 0.3 is 0 Å². The van der Waals surface area contributed by atoms with Gasteiger partial charge in [-0.05, 0) is 18.2 Å². The Morgan fingerprint density at radius 1 is 1.39 bits per heavy atom. The number of hydrogen-bond donors (Lipinski definition) is 4. The maximum absolute atomic E-state index is 11.6. The number of aliphatic hydroxyl groups excluding tert-OH is 2. The smallest absolute Gasteiger partial charge is 0.266 e. The van der Waals surface area contributed by atoms with Crippen molar-refractivity contribution in [2.75, 3.05) is 18.5 Å². The molecule has 0 aromatic heterocycles. The van der Waals surface area contributed by atoms with Gasteiger partial charge in [0.1, 0.15) is 4.90 Å². The van der Waals surface area contributed by atoms with Crippen LogP contribution in [0.3, 0.4) is 0 Å². The molecule has 7 nitrogen and oxygen atoms in total. The summed E-state index contributed by atoms with van der Waals surface area (Å²) in [5.41, 5.74) is 0.546. The lowest BCUT2D eigenvalue weighted by Crippen LogP contribution is -2.23. The molecule has 0 saturated heterocycles. The fourth-order valence-electron chi connectivity index (χ4n) is 1.57. The molecule has 0 aliphatic carbocycles. The number of rotatable bonds is 4. The number of aliphatic hydroxyl groups is 2. The molecule has 0 radical (unpaired) electrons. The molecule has 98 valence electrons. The molecular weight excluding hydrogens is 260 g/mol. The normalized spacial score (nSPS) is 18.0. The number of benzene rings is 1. The zero-order valence-electron chi connectivity index (χ0n) is 9.25. The predicted molar refractivity (Wildman–Crippen MR) is 62.7 cm³/mol. The van der Waals surface area contributed by atoms with E-state index < -0.39 is 28.6 Å². The highest BCUT2D eigenvalue weighted by molar-refractivity contribution is 7.90. The Morgan fingerprint density at radius 2 is 2.11 bits per heavy atom. The number of fused-ring (bicyclic) bond motifs is 1. The molecule has 8 heteroatoms.